The monoisotopic (exact) mass is 218 g/mol. The molecule has 0 bridgehead atoms. The van der Waals surface area contributed by atoms with Gasteiger partial charge in [-0.3, -0.25) is 9.80 Å². The zero-order valence-electron chi connectivity index (χ0n) is 10.7. The van der Waals surface area contributed by atoms with Crippen LogP contribution >= 0.6 is 0 Å². The van der Waals surface area contributed by atoms with Crippen LogP contribution in [0.1, 0.15) is 39.4 Å². The smallest absolute Gasteiger partial charge is 0.0911 e. The van der Waals surface area contributed by atoms with Crippen LogP contribution in [0, 0.1) is 0 Å². The van der Waals surface area contributed by atoms with Crippen molar-refractivity contribution >= 4 is 0 Å². The molecule has 0 radical (unpaired) electrons. The summed E-state index contributed by atoms with van der Waals surface area (Å²) in [5.74, 6) is 0. The van der Waals surface area contributed by atoms with Crippen molar-refractivity contribution in [2.75, 3.05) is 6.67 Å². The Bertz CT molecular complexity index is 318. The predicted octanol–water partition coefficient (Wildman–Crippen LogP) is 3.08. The first-order valence-corrected chi connectivity index (χ1v) is 6.17. The molecule has 1 fully saturated rings. The van der Waals surface area contributed by atoms with Gasteiger partial charge in [-0.1, -0.05) is 30.3 Å². The molecule has 2 nitrogen and oxygen atoms in total. The summed E-state index contributed by atoms with van der Waals surface area (Å²) in [5.41, 5.74) is 1.41. The molecule has 0 saturated carbocycles. The van der Waals surface area contributed by atoms with E-state index in [1.807, 2.05) is 0 Å². The van der Waals surface area contributed by atoms with E-state index >= 15 is 0 Å². The van der Waals surface area contributed by atoms with Gasteiger partial charge in [0.25, 0.3) is 0 Å². The first-order valence-electron chi connectivity index (χ1n) is 6.17. The van der Waals surface area contributed by atoms with Crippen molar-refractivity contribution in [3.63, 3.8) is 0 Å². The van der Waals surface area contributed by atoms with Gasteiger partial charge < -0.3 is 0 Å². The predicted molar refractivity (Wildman–Crippen MR) is 68.0 cm³/mol. The molecule has 1 aromatic carbocycles. The van der Waals surface area contributed by atoms with Gasteiger partial charge in [-0.05, 0) is 33.3 Å². The highest BCUT2D eigenvalue weighted by Crippen LogP contribution is 2.36. The number of benzene rings is 1. The fourth-order valence-corrected chi connectivity index (χ4v) is 2.34. The third kappa shape index (κ3) is 2.00. The number of hydrogen-bond donors (Lipinski definition) is 0. The maximum absolute atomic E-state index is 2.54. The first kappa shape index (κ1) is 11.6. The lowest BCUT2D eigenvalue weighted by Gasteiger charge is -2.55. The quantitative estimate of drug-likeness (QED) is 0.769. The summed E-state index contributed by atoms with van der Waals surface area (Å²) < 4.78 is 0. The standard InChI is InChI=1S/C14H22N2/c1-11(2)15-10-16(12(3)4)14(15)13-8-6-5-7-9-13/h5-9,11-12,14H,10H2,1-4H3. The van der Waals surface area contributed by atoms with Crippen molar-refractivity contribution < 1.29 is 0 Å². The van der Waals surface area contributed by atoms with E-state index in [1.165, 1.54) is 5.56 Å². The van der Waals surface area contributed by atoms with Crippen LogP contribution in [0.3, 0.4) is 0 Å². The van der Waals surface area contributed by atoms with Crippen LogP contribution in [0.25, 0.3) is 0 Å². The molecule has 16 heavy (non-hydrogen) atoms. The molecule has 0 unspecified atom stereocenters. The normalized spacial score (nSPS) is 19.4. The Morgan fingerprint density at radius 1 is 0.938 bits per heavy atom. The molecule has 2 rings (SSSR count). The molecular formula is C14H22N2. The molecule has 88 valence electrons. The molecular weight excluding hydrogens is 196 g/mol. The largest absolute Gasteiger partial charge is 0.268 e. The van der Waals surface area contributed by atoms with E-state index in [2.05, 4.69) is 67.8 Å². The third-order valence-corrected chi connectivity index (χ3v) is 3.38. The Hall–Kier alpha value is -0.860. The lowest BCUT2D eigenvalue weighted by Crippen LogP contribution is -2.61. The summed E-state index contributed by atoms with van der Waals surface area (Å²) in [6.07, 6.45) is 0.473. The molecule has 0 atom stereocenters. The second kappa shape index (κ2) is 4.56. The molecule has 1 heterocycles. The van der Waals surface area contributed by atoms with E-state index in [0.717, 1.165) is 6.67 Å². The summed E-state index contributed by atoms with van der Waals surface area (Å²) in [7, 11) is 0. The SMILES string of the molecule is CC(C)N1CN(C(C)C)C1c1ccccc1. The van der Waals surface area contributed by atoms with Gasteiger partial charge in [-0.15, -0.1) is 0 Å². The second-order valence-corrected chi connectivity index (χ2v) is 5.14. The van der Waals surface area contributed by atoms with Crippen LogP contribution in [0.2, 0.25) is 0 Å². The highest BCUT2D eigenvalue weighted by atomic mass is 15.5. The minimum Gasteiger partial charge on any atom is -0.268 e. The lowest BCUT2D eigenvalue weighted by molar-refractivity contribution is -0.146. The molecule has 1 aromatic rings. The molecule has 1 aliphatic heterocycles. The third-order valence-electron chi connectivity index (χ3n) is 3.38. The lowest BCUT2D eigenvalue weighted by atomic mass is 10.0. The Morgan fingerprint density at radius 2 is 1.44 bits per heavy atom. The van der Waals surface area contributed by atoms with Crippen molar-refractivity contribution in [2.45, 2.75) is 45.9 Å². The van der Waals surface area contributed by atoms with Crippen LogP contribution in [0.4, 0.5) is 0 Å². The van der Waals surface area contributed by atoms with E-state index in [4.69, 9.17) is 0 Å². The van der Waals surface area contributed by atoms with Crippen LogP contribution in [-0.2, 0) is 0 Å². The van der Waals surface area contributed by atoms with Crippen molar-refractivity contribution in [1.82, 2.24) is 9.80 Å². The van der Waals surface area contributed by atoms with Crippen molar-refractivity contribution in [2.24, 2.45) is 0 Å². The van der Waals surface area contributed by atoms with Gasteiger partial charge in [0, 0.05) is 12.1 Å². The Kier molecular flexibility index (Phi) is 3.31. The fraction of sp³-hybridized carbons (Fsp3) is 0.571. The number of rotatable bonds is 3. The zero-order chi connectivity index (χ0) is 11.7. The molecule has 0 amide bonds. The average molecular weight is 218 g/mol. The van der Waals surface area contributed by atoms with Crippen LogP contribution in [0.5, 0.6) is 0 Å². The van der Waals surface area contributed by atoms with Gasteiger partial charge in [0.2, 0.25) is 0 Å². The number of nitrogens with zero attached hydrogens (tertiary/aromatic N) is 2. The van der Waals surface area contributed by atoms with E-state index in [0.29, 0.717) is 18.2 Å². The molecule has 1 saturated heterocycles. The molecule has 0 spiro atoms. The van der Waals surface area contributed by atoms with Gasteiger partial charge in [-0.2, -0.15) is 0 Å². The van der Waals surface area contributed by atoms with E-state index in [1.54, 1.807) is 0 Å². The summed E-state index contributed by atoms with van der Waals surface area (Å²) in [4.78, 5) is 5.07. The van der Waals surface area contributed by atoms with Crippen LogP contribution in [0.15, 0.2) is 30.3 Å². The molecule has 0 aromatic heterocycles. The number of hydrogen-bond acceptors (Lipinski definition) is 2. The molecule has 0 aliphatic carbocycles. The van der Waals surface area contributed by atoms with Crippen LogP contribution in [-0.4, -0.2) is 28.6 Å². The van der Waals surface area contributed by atoms with Gasteiger partial charge >= 0.3 is 0 Å². The van der Waals surface area contributed by atoms with E-state index < -0.39 is 0 Å². The maximum Gasteiger partial charge on any atom is 0.0911 e. The zero-order valence-corrected chi connectivity index (χ0v) is 10.7. The minimum atomic E-state index is 0.473. The highest BCUT2D eigenvalue weighted by Gasteiger charge is 2.39. The molecule has 2 heteroatoms. The minimum absolute atomic E-state index is 0.473. The summed E-state index contributed by atoms with van der Waals surface area (Å²) in [6, 6.07) is 12.0. The van der Waals surface area contributed by atoms with Gasteiger partial charge in [0.1, 0.15) is 0 Å². The van der Waals surface area contributed by atoms with Crippen molar-refractivity contribution in [3.05, 3.63) is 35.9 Å². The summed E-state index contributed by atoms with van der Waals surface area (Å²) in [6.45, 7) is 10.2. The molecule has 0 N–H and O–H groups in total. The Morgan fingerprint density at radius 3 is 1.88 bits per heavy atom. The summed E-state index contributed by atoms with van der Waals surface area (Å²) >= 11 is 0. The Labute approximate surface area is 98.9 Å². The van der Waals surface area contributed by atoms with E-state index in [-0.39, 0.29) is 0 Å². The van der Waals surface area contributed by atoms with Gasteiger partial charge in [0.05, 0.1) is 12.8 Å². The van der Waals surface area contributed by atoms with Gasteiger partial charge in [0.15, 0.2) is 0 Å². The van der Waals surface area contributed by atoms with Crippen molar-refractivity contribution in [3.8, 4) is 0 Å². The van der Waals surface area contributed by atoms with E-state index in [9.17, 15) is 0 Å². The average Bonchev–Trinajstić information content (AvgIpc) is 2.16. The highest BCUT2D eigenvalue weighted by molar-refractivity contribution is 5.21. The topological polar surface area (TPSA) is 6.48 Å². The summed E-state index contributed by atoms with van der Waals surface area (Å²) in [5, 5.41) is 0. The van der Waals surface area contributed by atoms with Gasteiger partial charge in [-0.25, -0.2) is 0 Å². The Balaban J connectivity index is 2.20. The maximum atomic E-state index is 2.54. The fourth-order valence-electron chi connectivity index (χ4n) is 2.34. The van der Waals surface area contributed by atoms with Crippen molar-refractivity contribution in [1.29, 1.82) is 0 Å². The first-order chi connectivity index (χ1) is 7.61. The second-order valence-electron chi connectivity index (χ2n) is 5.14. The molecule has 1 aliphatic rings. The van der Waals surface area contributed by atoms with Crippen LogP contribution < -0.4 is 0 Å².